The third kappa shape index (κ3) is 3.87. The van der Waals surface area contributed by atoms with E-state index >= 15 is 0 Å². The summed E-state index contributed by atoms with van der Waals surface area (Å²) in [6, 6.07) is 5.67. The van der Waals surface area contributed by atoms with Crippen LogP contribution in [0.25, 0.3) is 10.3 Å². The number of piperazine rings is 1. The largest absolute Gasteiger partial charge is 0.480 e. The van der Waals surface area contributed by atoms with Gasteiger partial charge >= 0.3 is 5.97 Å². The minimum atomic E-state index is -3.93. The lowest BCUT2D eigenvalue weighted by molar-refractivity contribution is -0.141. The zero-order valence-electron chi connectivity index (χ0n) is 17.8. The van der Waals surface area contributed by atoms with E-state index in [-0.39, 0.29) is 18.0 Å². The van der Waals surface area contributed by atoms with Gasteiger partial charge in [-0.05, 0) is 49.3 Å². The van der Waals surface area contributed by atoms with E-state index in [0.717, 1.165) is 46.1 Å². The van der Waals surface area contributed by atoms with Crippen molar-refractivity contribution >= 4 is 42.8 Å². The van der Waals surface area contributed by atoms with Crippen LogP contribution in [0.15, 0.2) is 35.4 Å². The first-order chi connectivity index (χ1) is 15.9. The average molecular weight is 486 g/mol. The van der Waals surface area contributed by atoms with Gasteiger partial charge in [0.2, 0.25) is 10.0 Å². The molecule has 0 spiro atoms. The molecule has 1 N–H and O–H groups in total. The van der Waals surface area contributed by atoms with Crippen molar-refractivity contribution in [1.29, 1.82) is 0 Å². The Labute approximate surface area is 195 Å². The average Bonchev–Trinajstić information content (AvgIpc) is 3.75. The van der Waals surface area contributed by atoms with Crippen molar-refractivity contribution in [2.45, 2.75) is 48.5 Å². The lowest BCUT2D eigenvalue weighted by atomic mass is 10.1. The van der Waals surface area contributed by atoms with Crippen molar-refractivity contribution in [3.8, 4) is 0 Å². The van der Waals surface area contributed by atoms with Crippen molar-refractivity contribution in [3.63, 3.8) is 0 Å². The number of fused-ring (bicyclic) bond motifs is 1. The Morgan fingerprint density at radius 2 is 1.76 bits per heavy atom. The van der Waals surface area contributed by atoms with E-state index in [0.29, 0.717) is 29.2 Å². The number of hydrogen-bond acceptors (Lipinski definition) is 8. The molecule has 33 heavy (non-hydrogen) atoms. The van der Waals surface area contributed by atoms with Gasteiger partial charge in [-0.1, -0.05) is 23.5 Å². The van der Waals surface area contributed by atoms with Crippen LogP contribution in [0.4, 0.5) is 5.13 Å². The molecule has 3 heterocycles. The van der Waals surface area contributed by atoms with Gasteiger partial charge < -0.3 is 10.0 Å². The third-order valence-corrected chi connectivity index (χ3v) is 9.48. The van der Waals surface area contributed by atoms with Crippen LogP contribution in [-0.4, -0.2) is 64.4 Å². The number of nitrogens with zero attached hydrogens (tertiary/aromatic N) is 5. The highest BCUT2D eigenvalue weighted by Crippen LogP contribution is 2.41. The summed E-state index contributed by atoms with van der Waals surface area (Å²) in [7, 11) is -3.93. The minimum Gasteiger partial charge on any atom is -0.480 e. The standard InChI is InChI=1S/C22H23N5O4S2/c28-21(29)17-12-26(22-25-20-18(32-22)11-23-19(24-20)15-3-4-15)9-10-27(17)33(30,31)16-7-5-14(6-8-16)13-1-2-13/h5-8,11,13,15,17H,1-4,9-10,12H2,(H,28,29)/t17-/m1/s1. The summed E-state index contributed by atoms with van der Waals surface area (Å²) in [6.07, 6.45) is 6.24. The number of benzene rings is 1. The van der Waals surface area contributed by atoms with Crippen LogP contribution in [-0.2, 0) is 14.8 Å². The molecule has 1 aromatic carbocycles. The molecule has 2 aliphatic carbocycles. The number of rotatable bonds is 6. The fourth-order valence-corrected chi connectivity index (χ4v) is 6.78. The second-order valence-corrected chi connectivity index (χ2v) is 11.8. The molecule has 1 atom stereocenters. The number of carboxylic acid groups (broad SMARTS) is 1. The summed E-state index contributed by atoms with van der Waals surface area (Å²) in [4.78, 5) is 27.7. The maximum Gasteiger partial charge on any atom is 0.323 e. The molecule has 2 saturated carbocycles. The Hall–Kier alpha value is -2.63. The molecule has 0 unspecified atom stereocenters. The zero-order valence-corrected chi connectivity index (χ0v) is 19.4. The van der Waals surface area contributed by atoms with Crippen molar-refractivity contribution in [2.75, 3.05) is 24.5 Å². The molecule has 2 aromatic heterocycles. The lowest BCUT2D eigenvalue weighted by Crippen LogP contribution is -2.58. The molecule has 3 aromatic rings. The number of hydrogen-bond donors (Lipinski definition) is 1. The molecule has 0 bridgehead atoms. The van der Waals surface area contributed by atoms with Gasteiger partial charge in [-0.25, -0.2) is 18.4 Å². The van der Waals surface area contributed by atoms with E-state index in [2.05, 4.69) is 15.0 Å². The predicted molar refractivity (Wildman–Crippen MR) is 123 cm³/mol. The molecule has 1 aliphatic heterocycles. The number of carbonyl (C=O) groups is 1. The van der Waals surface area contributed by atoms with Crippen molar-refractivity contribution in [1.82, 2.24) is 19.3 Å². The molecule has 6 rings (SSSR count). The SMILES string of the molecule is O=C(O)[C@H]1CN(c2nc3nc(C4CC4)ncc3s2)CCN1S(=O)(=O)c1ccc(C2CC2)cc1. The highest BCUT2D eigenvalue weighted by molar-refractivity contribution is 7.89. The summed E-state index contributed by atoms with van der Waals surface area (Å²) in [5, 5.41) is 10.5. The Balaban J connectivity index is 1.25. The predicted octanol–water partition coefficient (Wildman–Crippen LogP) is 2.81. The molecule has 0 amide bonds. The Morgan fingerprint density at radius 3 is 2.42 bits per heavy atom. The summed E-state index contributed by atoms with van der Waals surface area (Å²) >= 11 is 1.40. The van der Waals surface area contributed by atoms with Crippen LogP contribution >= 0.6 is 11.3 Å². The van der Waals surface area contributed by atoms with Crippen LogP contribution < -0.4 is 4.90 Å². The molecule has 3 fully saturated rings. The fourth-order valence-electron chi connectivity index (χ4n) is 4.31. The number of aromatic nitrogens is 3. The smallest absolute Gasteiger partial charge is 0.323 e. The van der Waals surface area contributed by atoms with Gasteiger partial charge in [-0.2, -0.15) is 9.29 Å². The van der Waals surface area contributed by atoms with Gasteiger partial charge in [-0.3, -0.25) is 4.79 Å². The van der Waals surface area contributed by atoms with E-state index in [1.165, 1.54) is 11.3 Å². The number of sulfonamides is 1. The van der Waals surface area contributed by atoms with E-state index in [1.54, 1.807) is 18.3 Å². The van der Waals surface area contributed by atoms with Crippen molar-refractivity contribution in [3.05, 3.63) is 41.9 Å². The molecule has 11 heteroatoms. The maximum atomic E-state index is 13.3. The summed E-state index contributed by atoms with van der Waals surface area (Å²) in [5.74, 6) is 0.583. The van der Waals surface area contributed by atoms with Crippen molar-refractivity contribution < 1.29 is 18.3 Å². The zero-order chi connectivity index (χ0) is 22.7. The Bertz CT molecular complexity index is 1330. The van der Waals surface area contributed by atoms with Gasteiger partial charge in [0.05, 0.1) is 15.8 Å². The van der Waals surface area contributed by atoms with Gasteiger partial charge in [0.1, 0.15) is 11.9 Å². The van der Waals surface area contributed by atoms with E-state index in [9.17, 15) is 18.3 Å². The lowest BCUT2D eigenvalue weighted by Gasteiger charge is -2.38. The quantitative estimate of drug-likeness (QED) is 0.567. The summed E-state index contributed by atoms with van der Waals surface area (Å²) in [5.41, 5.74) is 1.75. The number of anilines is 1. The molecule has 0 radical (unpaired) electrons. The monoisotopic (exact) mass is 485 g/mol. The summed E-state index contributed by atoms with van der Waals surface area (Å²) in [6.45, 7) is 0.446. The molecule has 3 aliphatic rings. The molecule has 9 nitrogen and oxygen atoms in total. The van der Waals surface area contributed by atoms with Crippen LogP contribution in [0.2, 0.25) is 0 Å². The van der Waals surface area contributed by atoms with E-state index in [1.807, 2.05) is 17.0 Å². The second kappa shape index (κ2) is 7.71. The Kier molecular flexibility index (Phi) is 4.89. The summed E-state index contributed by atoms with van der Waals surface area (Å²) < 4.78 is 28.6. The molecular formula is C22H23N5O4S2. The third-order valence-electron chi connectivity index (χ3n) is 6.52. The maximum absolute atomic E-state index is 13.3. The molecule has 172 valence electrons. The first-order valence-electron chi connectivity index (χ1n) is 11.1. The van der Waals surface area contributed by atoms with Gasteiger partial charge in [-0.15, -0.1) is 0 Å². The van der Waals surface area contributed by atoms with E-state index < -0.39 is 22.0 Å². The Morgan fingerprint density at radius 1 is 1.03 bits per heavy atom. The minimum absolute atomic E-state index is 0.0253. The topological polar surface area (TPSA) is 117 Å². The number of carboxylic acids is 1. The molecule has 1 saturated heterocycles. The first kappa shape index (κ1) is 20.9. The van der Waals surface area contributed by atoms with Crippen molar-refractivity contribution in [2.24, 2.45) is 0 Å². The first-order valence-corrected chi connectivity index (χ1v) is 13.4. The van der Waals surface area contributed by atoms with Gasteiger partial charge in [0, 0.05) is 25.6 Å². The van der Waals surface area contributed by atoms with Gasteiger partial charge in [0.25, 0.3) is 0 Å². The van der Waals surface area contributed by atoms with Crippen LogP contribution in [0.3, 0.4) is 0 Å². The highest BCUT2D eigenvalue weighted by Gasteiger charge is 2.41. The van der Waals surface area contributed by atoms with Crippen LogP contribution in [0, 0.1) is 0 Å². The van der Waals surface area contributed by atoms with Gasteiger partial charge in [0.15, 0.2) is 10.8 Å². The van der Waals surface area contributed by atoms with Crippen LogP contribution in [0.5, 0.6) is 0 Å². The fraction of sp³-hybridized carbons (Fsp3) is 0.455. The van der Waals surface area contributed by atoms with E-state index in [4.69, 9.17) is 0 Å². The number of aliphatic carboxylic acids is 1. The van der Waals surface area contributed by atoms with Crippen LogP contribution in [0.1, 0.15) is 48.9 Å². The number of thiazole rings is 1. The second-order valence-electron chi connectivity index (χ2n) is 8.95. The normalized spacial score (nSPS) is 22.1. The molecular weight excluding hydrogens is 462 g/mol. The highest BCUT2D eigenvalue weighted by atomic mass is 32.2.